The monoisotopic (exact) mass is 402 g/mol. The van der Waals surface area contributed by atoms with Crippen molar-refractivity contribution in [1.29, 1.82) is 0 Å². The highest BCUT2D eigenvalue weighted by atomic mass is 16.1. The van der Waals surface area contributed by atoms with E-state index in [2.05, 4.69) is 20.0 Å². The van der Waals surface area contributed by atoms with Gasteiger partial charge in [-0.15, -0.1) is 0 Å². The molecule has 0 N–H and O–H groups in total. The molecule has 7 heteroatoms. The summed E-state index contributed by atoms with van der Waals surface area (Å²) < 4.78 is 1.61. The van der Waals surface area contributed by atoms with Crippen LogP contribution in [0.3, 0.4) is 0 Å². The standard InChI is InChI=1S/C23H26N6O/c30-22-9-8-20(17-10-12-24-13-11-17)27-29(22)15-18-5-4-14-28(18)23-19-6-2-1-3-7-21(19)25-16-26-23/h8-13,16,18H,1-7,14-15H2. The second-order valence-electron chi connectivity index (χ2n) is 8.15. The third-order valence-corrected chi connectivity index (χ3v) is 6.23. The van der Waals surface area contributed by atoms with Gasteiger partial charge in [0, 0.05) is 41.8 Å². The molecule has 4 heterocycles. The largest absolute Gasteiger partial charge is 0.351 e. The molecule has 3 aromatic heterocycles. The zero-order chi connectivity index (χ0) is 20.3. The first-order valence-electron chi connectivity index (χ1n) is 10.9. The average molecular weight is 403 g/mol. The average Bonchev–Trinajstić information content (AvgIpc) is 3.10. The summed E-state index contributed by atoms with van der Waals surface area (Å²) in [4.78, 5) is 28.3. The van der Waals surface area contributed by atoms with Crippen molar-refractivity contribution in [2.75, 3.05) is 11.4 Å². The lowest BCUT2D eigenvalue weighted by atomic mass is 10.1. The second-order valence-corrected chi connectivity index (χ2v) is 8.15. The van der Waals surface area contributed by atoms with Gasteiger partial charge in [0.05, 0.1) is 18.3 Å². The highest BCUT2D eigenvalue weighted by Gasteiger charge is 2.29. The summed E-state index contributed by atoms with van der Waals surface area (Å²) in [5.41, 5.74) is 4.20. The molecule has 1 aliphatic carbocycles. The van der Waals surface area contributed by atoms with Gasteiger partial charge < -0.3 is 4.90 Å². The van der Waals surface area contributed by atoms with E-state index in [1.165, 1.54) is 30.5 Å². The number of rotatable bonds is 4. The van der Waals surface area contributed by atoms with Gasteiger partial charge in [-0.25, -0.2) is 14.6 Å². The normalized spacial score (nSPS) is 18.8. The number of nitrogens with zero attached hydrogens (tertiary/aromatic N) is 6. The Kier molecular flexibility index (Phi) is 5.26. The maximum absolute atomic E-state index is 12.6. The van der Waals surface area contributed by atoms with Crippen LogP contribution in [-0.4, -0.2) is 37.3 Å². The third kappa shape index (κ3) is 3.72. The Morgan fingerprint density at radius 2 is 1.83 bits per heavy atom. The van der Waals surface area contributed by atoms with Crippen LogP contribution >= 0.6 is 0 Å². The highest BCUT2D eigenvalue weighted by Crippen LogP contribution is 2.31. The molecule has 2 aliphatic rings. The Bertz CT molecular complexity index is 1080. The van der Waals surface area contributed by atoms with E-state index < -0.39 is 0 Å². The lowest BCUT2D eigenvalue weighted by molar-refractivity contribution is 0.488. The van der Waals surface area contributed by atoms with Crippen LogP contribution in [0.2, 0.25) is 0 Å². The van der Waals surface area contributed by atoms with Crippen LogP contribution < -0.4 is 10.5 Å². The van der Waals surface area contributed by atoms with Crippen molar-refractivity contribution in [3.8, 4) is 11.3 Å². The Morgan fingerprint density at radius 1 is 0.967 bits per heavy atom. The smallest absolute Gasteiger partial charge is 0.266 e. The first-order valence-corrected chi connectivity index (χ1v) is 10.9. The minimum atomic E-state index is -0.0684. The van der Waals surface area contributed by atoms with Crippen molar-refractivity contribution >= 4 is 5.82 Å². The van der Waals surface area contributed by atoms with Crippen molar-refractivity contribution < 1.29 is 0 Å². The SMILES string of the molecule is O=c1ccc(-c2ccncc2)nn1CC1CCCN1c1ncnc2c1CCCCC2. The quantitative estimate of drug-likeness (QED) is 0.625. The summed E-state index contributed by atoms with van der Waals surface area (Å²) in [5, 5.41) is 4.65. The minimum absolute atomic E-state index is 0.0684. The second kappa shape index (κ2) is 8.34. The molecule has 3 aromatic rings. The Balaban J connectivity index is 1.44. The molecular weight excluding hydrogens is 376 g/mol. The zero-order valence-corrected chi connectivity index (χ0v) is 17.1. The third-order valence-electron chi connectivity index (χ3n) is 6.23. The van der Waals surface area contributed by atoms with E-state index in [-0.39, 0.29) is 11.6 Å². The van der Waals surface area contributed by atoms with E-state index in [1.54, 1.807) is 35.5 Å². The van der Waals surface area contributed by atoms with Gasteiger partial charge in [-0.05, 0) is 56.7 Å². The van der Waals surface area contributed by atoms with E-state index in [4.69, 9.17) is 4.98 Å². The van der Waals surface area contributed by atoms with E-state index in [1.807, 2.05) is 12.1 Å². The molecule has 5 rings (SSSR count). The molecule has 30 heavy (non-hydrogen) atoms. The van der Waals surface area contributed by atoms with Crippen LogP contribution in [0.1, 0.15) is 43.4 Å². The molecule has 0 aromatic carbocycles. The predicted molar refractivity (Wildman–Crippen MR) is 115 cm³/mol. The summed E-state index contributed by atoms with van der Waals surface area (Å²) in [5.74, 6) is 1.07. The van der Waals surface area contributed by atoms with Gasteiger partial charge in [-0.2, -0.15) is 5.10 Å². The van der Waals surface area contributed by atoms with Crippen molar-refractivity contribution in [1.82, 2.24) is 24.7 Å². The molecular formula is C23H26N6O. The van der Waals surface area contributed by atoms with Crippen LogP contribution in [0, 0.1) is 0 Å². The Labute approximate surface area is 175 Å². The van der Waals surface area contributed by atoms with E-state index >= 15 is 0 Å². The minimum Gasteiger partial charge on any atom is -0.351 e. The molecule has 0 spiro atoms. The van der Waals surface area contributed by atoms with Crippen LogP contribution in [-0.2, 0) is 19.4 Å². The summed E-state index contributed by atoms with van der Waals surface area (Å²) in [6, 6.07) is 7.43. The van der Waals surface area contributed by atoms with Gasteiger partial charge in [0.1, 0.15) is 12.1 Å². The van der Waals surface area contributed by atoms with Gasteiger partial charge in [0.15, 0.2) is 0 Å². The van der Waals surface area contributed by atoms with E-state index in [9.17, 15) is 4.79 Å². The first kappa shape index (κ1) is 18.9. The number of aryl methyl sites for hydroxylation is 1. The highest BCUT2D eigenvalue weighted by molar-refractivity contribution is 5.57. The lowest BCUT2D eigenvalue weighted by Crippen LogP contribution is -2.38. The number of anilines is 1. The van der Waals surface area contributed by atoms with Gasteiger partial charge in [-0.1, -0.05) is 6.42 Å². The van der Waals surface area contributed by atoms with Crippen LogP contribution in [0.25, 0.3) is 11.3 Å². The van der Waals surface area contributed by atoms with Crippen molar-refractivity contribution in [2.45, 2.75) is 57.5 Å². The molecule has 0 bridgehead atoms. The van der Waals surface area contributed by atoms with E-state index in [0.717, 1.165) is 49.3 Å². The van der Waals surface area contributed by atoms with Crippen LogP contribution in [0.5, 0.6) is 0 Å². The van der Waals surface area contributed by atoms with Gasteiger partial charge >= 0.3 is 0 Å². The summed E-state index contributed by atoms with van der Waals surface area (Å²) >= 11 is 0. The van der Waals surface area contributed by atoms with Gasteiger partial charge in [-0.3, -0.25) is 9.78 Å². The fourth-order valence-electron chi connectivity index (χ4n) is 4.69. The molecule has 1 saturated heterocycles. The predicted octanol–water partition coefficient (Wildman–Crippen LogP) is 3.03. The fourth-order valence-corrected chi connectivity index (χ4v) is 4.69. The zero-order valence-electron chi connectivity index (χ0n) is 17.1. The van der Waals surface area contributed by atoms with Crippen LogP contribution in [0.4, 0.5) is 5.82 Å². The summed E-state index contributed by atoms with van der Waals surface area (Å²) in [6.45, 7) is 1.53. The molecule has 1 aliphatic heterocycles. The first-order chi connectivity index (χ1) is 14.8. The molecule has 1 fully saturated rings. The van der Waals surface area contributed by atoms with Crippen molar-refractivity contribution in [3.63, 3.8) is 0 Å². The molecule has 0 amide bonds. The number of hydrogen-bond acceptors (Lipinski definition) is 6. The molecule has 0 radical (unpaired) electrons. The fraction of sp³-hybridized carbons (Fsp3) is 0.435. The van der Waals surface area contributed by atoms with Crippen molar-refractivity contribution in [2.24, 2.45) is 0 Å². The van der Waals surface area contributed by atoms with Gasteiger partial charge in [0.25, 0.3) is 5.56 Å². The number of hydrogen-bond donors (Lipinski definition) is 0. The molecule has 154 valence electrons. The maximum atomic E-state index is 12.6. The van der Waals surface area contributed by atoms with Gasteiger partial charge in [0.2, 0.25) is 0 Å². The Hall–Kier alpha value is -3.09. The molecule has 1 unspecified atom stereocenters. The molecule has 1 atom stereocenters. The topological polar surface area (TPSA) is 76.8 Å². The molecule has 7 nitrogen and oxygen atoms in total. The van der Waals surface area contributed by atoms with Crippen LogP contribution in [0.15, 0.2) is 47.8 Å². The summed E-state index contributed by atoms with van der Waals surface area (Å²) in [6.07, 6.45) is 13.1. The Morgan fingerprint density at radius 3 is 2.73 bits per heavy atom. The lowest BCUT2D eigenvalue weighted by Gasteiger charge is -2.28. The molecule has 0 saturated carbocycles. The number of pyridine rings is 1. The van der Waals surface area contributed by atoms with E-state index in [0.29, 0.717) is 6.54 Å². The number of aromatic nitrogens is 5. The van der Waals surface area contributed by atoms with Crippen molar-refractivity contribution in [3.05, 3.63) is 64.6 Å². The number of fused-ring (bicyclic) bond motifs is 1. The maximum Gasteiger partial charge on any atom is 0.266 e. The summed E-state index contributed by atoms with van der Waals surface area (Å²) in [7, 11) is 0.